The molecule has 4 N–H and O–H groups in total. The molecule has 0 aliphatic heterocycles. The number of aliphatic hydroxyl groups is 4. The summed E-state index contributed by atoms with van der Waals surface area (Å²) in [7, 11) is -1.89. The predicted molar refractivity (Wildman–Crippen MR) is 165 cm³/mol. The zero-order valence-electron chi connectivity index (χ0n) is 27.5. The SMILES string of the molecule is C[C@@H]1C[C@@H](O[C@H]2CC[C@@]3(C)[C@H](CC[C@@H]4[C@@H]3CC[C@]3(C)[C@@H]([C@H](C)O[Si](C)(C)C(C)(C)C)CC[C@]43O)C2)[C@H](O)[C@H](O)[C@H]1O. The first-order valence-corrected chi connectivity index (χ1v) is 19.9. The molecule has 41 heavy (non-hydrogen) atoms. The van der Waals surface area contributed by atoms with Gasteiger partial charge in [-0.25, -0.2) is 0 Å². The molecule has 7 heteroatoms. The van der Waals surface area contributed by atoms with Gasteiger partial charge in [-0.1, -0.05) is 41.5 Å². The summed E-state index contributed by atoms with van der Waals surface area (Å²) in [5.41, 5.74) is -0.514. The van der Waals surface area contributed by atoms with Crippen molar-refractivity contribution in [3.63, 3.8) is 0 Å². The van der Waals surface area contributed by atoms with E-state index in [1.165, 1.54) is 6.42 Å². The second-order valence-corrected chi connectivity index (χ2v) is 22.1. The van der Waals surface area contributed by atoms with Gasteiger partial charge in [-0.05, 0) is 124 Å². The summed E-state index contributed by atoms with van der Waals surface area (Å²) in [6.45, 7) is 20.8. The van der Waals surface area contributed by atoms with Gasteiger partial charge in [0.25, 0.3) is 0 Å². The van der Waals surface area contributed by atoms with Gasteiger partial charge in [-0.3, -0.25) is 0 Å². The van der Waals surface area contributed by atoms with E-state index < -0.39 is 38.3 Å². The molecule has 5 fully saturated rings. The van der Waals surface area contributed by atoms with Crippen molar-refractivity contribution in [1.29, 1.82) is 0 Å². The van der Waals surface area contributed by atoms with Crippen molar-refractivity contribution in [1.82, 2.24) is 0 Å². The maximum atomic E-state index is 12.7. The molecule has 0 saturated heterocycles. The molecular weight excluding hydrogens is 532 g/mol. The second-order valence-electron chi connectivity index (χ2n) is 17.4. The predicted octanol–water partition coefficient (Wildman–Crippen LogP) is 6.05. The van der Waals surface area contributed by atoms with E-state index >= 15 is 0 Å². The van der Waals surface area contributed by atoms with Crippen LogP contribution in [0.2, 0.25) is 18.1 Å². The van der Waals surface area contributed by atoms with Crippen molar-refractivity contribution in [3.8, 4) is 0 Å². The van der Waals surface area contributed by atoms with Gasteiger partial charge in [0, 0.05) is 11.5 Å². The van der Waals surface area contributed by atoms with Crippen LogP contribution >= 0.6 is 0 Å². The third-order valence-corrected chi connectivity index (χ3v) is 18.9. The summed E-state index contributed by atoms with van der Waals surface area (Å²) in [5, 5.41) is 44.0. The molecule has 6 nitrogen and oxygen atoms in total. The molecule has 0 bridgehead atoms. The Labute approximate surface area is 251 Å². The van der Waals surface area contributed by atoms with Crippen LogP contribution in [0.4, 0.5) is 0 Å². The van der Waals surface area contributed by atoms with E-state index in [2.05, 4.69) is 54.6 Å². The lowest BCUT2D eigenvalue weighted by Crippen LogP contribution is -2.63. The highest BCUT2D eigenvalue weighted by Gasteiger charge is 2.68. The summed E-state index contributed by atoms with van der Waals surface area (Å²) >= 11 is 0. The molecule has 0 spiro atoms. The molecule has 5 aliphatic carbocycles. The van der Waals surface area contributed by atoms with E-state index in [9.17, 15) is 20.4 Å². The molecule has 5 aliphatic rings. The van der Waals surface area contributed by atoms with Crippen LogP contribution in [0.25, 0.3) is 0 Å². The standard InChI is InChI=1S/C34H62O6Si/c1-20-18-27(29(36)30(37)28(20)35)39-23-12-15-32(6)22(19-23)10-11-26-25(32)13-16-33(7)24(14-17-34(26,33)38)21(2)40-41(8,9)31(3,4)5/h20-30,35-38H,10-19H2,1-9H3/t20-,21+,22-,23+,24-,25+,26-,27-,28+,29+,30-,32+,33-,34+/m1/s1. The average molecular weight is 595 g/mol. The smallest absolute Gasteiger partial charge is 0.192 e. The largest absolute Gasteiger partial charge is 0.414 e. The van der Waals surface area contributed by atoms with Crippen molar-refractivity contribution >= 4 is 8.32 Å². The number of rotatable bonds is 5. The Kier molecular flexibility index (Phi) is 8.53. The van der Waals surface area contributed by atoms with E-state index in [0.717, 1.165) is 51.4 Å². The maximum Gasteiger partial charge on any atom is 0.192 e. The lowest BCUT2D eigenvalue weighted by atomic mass is 9.43. The van der Waals surface area contributed by atoms with Crippen LogP contribution in [-0.2, 0) is 9.16 Å². The van der Waals surface area contributed by atoms with Crippen molar-refractivity contribution in [2.75, 3.05) is 0 Å². The highest BCUT2D eigenvalue weighted by molar-refractivity contribution is 6.74. The first-order chi connectivity index (χ1) is 18.9. The first kappa shape index (κ1) is 32.4. The zero-order valence-corrected chi connectivity index (χ0v) is 28.5. The summed E-state index contributed by atoms with van der Waals surface area (Å²) in [5.74, 6) is 1.75. The highest BCUT2D eigenvalue weighted by Crippen LogP contribution is 2.69. The molecule has 0 heterocycles. The van der Waals surface area contributed by atoms with Gasteiger partial charge in [0.05, 0.1) is 23.9 Å². The minimum absolute atomic E-state index is 0.0834. The molecule has 0 unspecified atom stereocenters. The quantitative estimate of drug-likeness (QED) is 0.290. The monoisotopic (exact) mass is 594 g/mol. The van der Waals surface area contributed by atoms with Crippen molar-refractivity contribution < 1.29 is 29.6 Å². The topological polar surface area (TPSA) is 99.4 Å². The number of fused-ring (bicyclic) bond motifs is 5. The maximum absolute atomic E-state index is 12.7. The lowest BCUT2D eigenvalue weighted by molar-refractivity contribution is -0.225. The number of aliphatic hydroxyl groups excluding tert-OH is 3. The number of hydrogen-bond donors (Lipinski definition) is 4. The number of hydrogen-bond acceptors (Lipinski definition) is 6. The molecule has 14 atom stereocenters. The summed E-state index contributed by atoms with van der Waals surface area (Å²) in [6.07, 6.45) is 6.82. The lowest BCUT2D eigenvalue weighted by Gasteiger charge is -2.64. The minimum atomic E-state index is -1.89. The Balaban J connectivity index is 1.27. The summed E-state index contributed by atoms with van der Waals surface area (Å²) in [6, 6.07) is 0. The third-order valence-electron chi connectivity index (χ3n) is 14.4. The minimum Gasteiger partial charge on any atom is -0.414 e. The van der Waals surface area contributed by atoms with Gasteiger partial charge in [0.2, 0.25) is 0 Å². The average Bonchev–Trinajstić information content (AvgIpc) is 3.16. The Morgan fingerprint density at radius 2 is 1.51 bits per heavy atom. The van der Waals surface area contributed by atoms with E-state index in [4.69, 9.17) is 9.16 Å². The Hall–Kier alpha value is -0.0231. The fraction of sp³-hybridized carbons (Fsp3) is 1.00. The van der Waals surface area contributed by atoms with Crippen LogP contribution in [0.3, 0.4) is 0 Å². The molecule has 238 valence electrons. The Morgan fingerprint density at radius 1 is 0.829 bits per heavy atom. The van der Waals surface area contributed by atoms with E-state index in [1.54, 1.807) is 0 Å². The highest BCUT2D eigenvalue weighted by atomic mass is 28.4. The fourth-order valence-corrected chi connectivity index (χ4v) is 12.1. The van der Waals surface area contributed by atoms with Crippen LogP contribution < -0.4 is 0 Å². The molecule has 0 aromatic heterocycles. The van der Waals surface area contributed by atoms with E-state index in [-0.39, 0.29) is 34.0 Å². The Bertz CT molecular complexity index is 952. The van der Waals surface area contributed by atoms with E-state index in [0.29, 0.717) is 30.1 Å². The van der Waals surface area contributed by atoms with Crippen LogP contribution in [-0.4, -0.2) is 71.0 Å². The third kappa shape index (κ3) is 5.13. The molecule has 0 amide bonds. The molecular formula is C34H62O6Si. The molecule has 0 aromatic rings. The van der Waals surface area contributed by atoms with Gasteiger partial charge in [-0.15, -0.1) is 0 Å². The normalized spacial score (nSPS) is 51.4. The molecule has 5 saturated carbocycles. The van der Waals surface area contributed by atoms with Crippen LogP contribution in [0.5, 0.6) is 0 Å². The van der Waals surface area contributed by atoms with Gasteiger partial charge in [0.1, 0.15) is 12.2 Å². The summed E-state index contributed by atoms with van der Waals surface area (Å²) < 4.78 is 13.4. The van der Waals surface area contributed by atoms with Gasteiger partial charge in [0.15, 0.2) is 8.32 Å². The fourth-order valence-electron chi connectivity index (χ4n) is 10.6. The van der Waals surface area contributed by atoms with Crippen LogP contribution in [0.1, 0.15) is 113 Å². The Morgan fingerprint density at radius 3 is 2.17 bits per heavy atom. The van der Waals surface area contributed by atoms with Gasteiger partial charge in [-0.2, -0.15) is 0 Å². The summed E-state index contributed by atoms with van der Waals surface area (Å²) in [4.78, 5) is 0. The van der Waals surface area contributed by atoms with Crippen LogP contribution in [0.15, 0.2) is 0 Å². The van der Waals surface area contributed by atoms with Gasteiger partial charge < -0.3 is 29.6 Å². The van der Waals surface area contributed by atoms with Crippen molar-refractivity contribution in [2.45, 2.75) is 173 Å². The van der Waals surface area contributed by atoms with Gasteiger partial charge >= 0.3 is 0 Å². The van der Waals surface area contributed by atoms with Crippen LogP contribution in [0, 0.1) is 40.4 Å². The molecule has 0 radical (unpaired) electrons. The molecule has 0 aromatic carbocycles. The first-order valence-electron chi connectivity index (χ1n) is 17.0. The number of ether oxygens (including phenoxy) is 1. The zero-order chi connectivity index (χ0) is 30.3. The second kappa shape index (κ2) is 10.8. The van der Waals surface area contributed by atoms with E-state index in [1.807, 2.05) is 6.92 Å². The van der Waals surface area contributed by atoms with Crippen molar-refractivity contribution in [2.24, 2.45) is 40.4 Å². The van der Waals surface area contributed by atoms with Crippen molar-refractivity contribution in [3.05, 3.63) is 0 Å². The molecule has 5 rings (SSSR count).